The van der Waals surface area contributed by atoms with Crippen LogP contribution in [0.15, 0.2) is 46.5 Å². The Hall–Kier alpha value is -2.03. The van der Waals surface area contributed by atoms with Crippen molar-refractivity contribution in [1.29, 1.82) is 0 Å². The minimum atomic E-state index is 0.537. The van der Waals surface area contributed by atoms with Gasteiger partial charge in [0.2, 0.25) is 0 Å². The van der Waals surface area contributed by atoms with E-state index in [4.69, 9.17) is 4.99 Å². The van der Waals surface area contributed by atoms with Gasteiger partial charge >= 0.3 is 0 Å². The first-order valence-corrected chi connectivity index (χ1v) is 7.61. The van der Waals surface area contributed by atoms with Crippen LogP contribution in [0, 0.1) is 11.8 Å². The fourth-order valence-corrected chi connectivity index (χ4v) is 3.42. The van der Waals surface area contributed by atoms with Gasteiger partial charge in [-0.15, -0.1) is 0 Å². The first-order chi connectivity index (χ1) is 10.3. The number of aliphatic imine (C=N–C) groups is 2. The zero-order chi connectivity index (χ0) is 14.7. The molecule has 0 radical (unpaired) electrons. The number of fused-ring (bicyclic) bond motifs is 1. The van der Waals surface area contributed by atoms with Gasteiger partial charge < -0.3 is 4.99 Å². The number of para-hydroxylation sites is 1. The van der Waals surface area contributed by atoms with E-state index < -0.39 is 0 Å². The lowest BCUT2D eigenvalue weighted by atomic mass is 9.92. The van der Waals surface area contributed by atoms with Crippen molar-refractivity contribution in [3.05, 3.63) is 36.5 Å². The number of nitrogens with zero attached hydrogens (tertiary/aromatic N) is 3. The molecule has 2 aromatic rings. The van der Waals surface area contributed by atoms with Gasteiger partial charge in [0.05, 0.1) is 11.2 Å². The third-order valence-electron chi connectivity index (χ3n) is 4.47. The molecule has 0 aliphatic heterocycles. The Morgan fingerprint density at radius 3 is 3.00 bits per heavy atom. The second-order valence-electron chi connectivity index (χ2n) is 5.81. The summed E-state index contributed by atoms with van der Waals surface area (Å²) in [6.45, 7) is 6.64. The predicted octanol–water partition coefficient (Wildman–Crippen LogP) is 4.44. The van der Waals surface area contributed by atoms with Crippen LogP contribution in [-0.4, -0.2) is 24.0 Å². The molecule has 0 bridgehead atoms. The molecule has 1 aliphatic rings. The highest BCUT2D eigenvalue weighted by molar-refractivity contribution is 5.94. The van der Waals surface area contributed by atoms with Crippen LogP contribution in [-0.2, 0) is 0 Å². The van der Waals surface area contributed by atoms with E-state index in [1.54, 1.807) is 0 Å². The summed E-state index contributed by atoms with van der Waals surface area (Å²) >= 11 is 0. The molecule has 2 atom stereocenters. The maximum atomic E-state index is 4.89. The molecule has 3 heteroatoms. The van der Waals surface area contributed by atoms with Gasteiger partial charge in [0.1, 0.15) is 0 Å². The standard InChI is InChI=1S/C18H21N3/c1-13(16-9-3-7-15(16)12-19-2)21-17-10-4-6-14-8-5-11-20-18(14)17/h4-6,8,10-11,15-16H,2-3,7,9,12H2,1H3. The minimum absolute atomic E-state index is 0.537. The molecule has 1 aliphatic carbocycles. The first kappa shape index (κ1) is 13.9. The lowest BCUT2D eigenvalue weighted by Crippen LogP contribution is -2.18. The lowest BCUT2D eigenvalue weighted by Gasteiger charge is -2.17. The van der Waals surface area contributed by atoms with Crippen LogP contribution in [0.25, 0.3) is 10.9 Å². The molecule has 1 heterocycles. The van der Waals surface area contributed by atoms with E-state index in [1.807, 2.05) is 18.3 Å². The van der Waals surface area contributed by atoms with Crippen molar-refractivity contribution in [2.75, 3.05) is 6.54 Å². The van der Waals surface area contributed by atoms with Crippen LogP contribution < -0.4 is 0 Å². The number of hydrogen-bond donors (Lipinski definition) is 0. The molecule has 0 amide bonds. The highest BCUT2D eigenvalue weighted by Crippen LogP contribution is 2.34. The Bertz CT molecular complexity index is 670. The summed E-state index contributed by atoms with van der Waals surface area (Å²) in [4.78, 5) is 13.5. The van der Waals surface area contributed by atoms with E-state index in [0.29, 0.717) is 11.8 Å². The normalized spacial score (nSPS) is 22.6. The van der Waals surface area contributed by atoms with Crippen molar-refractivity contribution in [2.24, 2.45) is 21.8 Å². The summed E-state index contributed by atoms with van der Waals surface area (Å²) in [5, 5.41) is 1.14. The summed E-state index contributed by atoms with van der Waals surface area (Å²) in [6, 6.07) is 10.2. The molecular weight excluding hydrogens is 258 g/mol. The van der Waals surface area contributed by atoms with E-state index >= 15 is 0 Å². The van der Waals surface area contributed by atoms with Gasteiger partial charge in [0.15, 0.2) is 0 Å². The van der Waals surface area contributed by atoms with Gasteiger partial charge in [-0.25, -0.2) is 0 Å². The predicted molar refractivity (Wildman–Crippen MR) is 89.8 cm³/mol. The van der Waals surface area contributed by atoms with Crippen LogP contribution >= 0.6 is 0 Å². The zero-order valence-electron chi connectivity index (χ0n) is 12.5. The number of pyridine rings is 1. The first-order valence-electron chi connectivity index (χ1n) is 7.61. The Morgan fingerprint density at radius 1 is 1.29 bits per heavy atom. The quantitative estimate of drug-likeness (QED) is 0.762. The van der Waals surface area contributed by atoms with Gasteiger partial charge in [0.25, 0.3) is 0 Å². The van der Waals surface area contributed by atoms with Crippen LogP contribution in [0.2, 0.25) is 0 Å². The van der Waals surface area contributed by atoms with E-state index in [2.05, 4.69) is 41.8 Å². The molecule has 3 rings (SSSR count). The molecule has 2 unspecified atom stereocenters. The Balaban J connectivity index is 1.94. The monoisotopic (exact) mass is 279 g/mol. The molecule has 108 valence electrons. The zero-order valence-corrected chi connectivity index (χ0v) is 12.5. The highest BCUT2D eigenvalue weighted by atomic mass is 14.8. The second kappa shape index (κ2) is 6.17. The lowest BCUT2D eigenvalue weighted by molar-refractivity contribution is 0.494. The van der Waals surface area contributed by atoms with Gasteiger partial charge in [-0.05, 0) is 44.5 Å². The third-order valence-corrected chi connectivity index (χ3v) is 4.47. The number of hydrogen-bond acceptors (Lipinski definition) is 3. The summed E-state index contributed by atoms with van der Waals surface area (Å²) in [5.74, 6) is 1.14. The van der Waals surface area contributed by atoms with Gasteiger partial charge in [-0.3, -0.25) is 9.98 Å². The summed E-state index contributed by atoms with van der Waals surface area (Å²) in [7, 11) is 0. The van der Waals surface area contributed by atoms with Gasteiger partial charge in [0, 0.05) is 29.8 Å². The SMILES string of the molecule is C=NCC1CCCC1C(C)=Nc1cccc2cccnc12. The second-order valence-corrected chi connectivity index (χ2v) is 5.81. The number of rotatable bonds is 4. The van der Waals surface area contributed by atoms with E-state index in [1.165, 1.54) is 25.0 Å². The molecule has 1 fully saturated rings. The van der Waals surface area contributed by atoms with Crippen LogP contribution in [0.5, 0.6) is 0 Å². The molecule has 1 aromatic heterocycles. The van der Waals surface area contributed by atoms with Crippen molar-refractivity contribution < 1.29 is 0 Å². The van der Waals surface area contributed by atoms with E-state index in [-0.39, 0.29) is 0 Å². The summed E-state index contributed by atoms with van der Waals surface area (Å²) in [6.07, 6.45) is 5.56. The van der Waals surface area contributed by atoms with Crippen molar-refractivity contribution >= 4 is 29.0 Å². The smallest absolute Gasteiger partial charge is 0.0958 e. The average Bonchev–Trinajstić information content (AvgIpc) is 2.96. The molecule has 1 saturated carbocycles. The topological polar surface area (TPSA) is 37.6 Å². The van der Waals surface area contributed by atoms with Crippen molar-refractivity contribution in [3.63, 3.8) is 0 Å². The van der Waals surface area contributed by atoms with Crippen LogP contribution in [0.3, 0.4) is 0 Å². The molecular formula is C18H21N3. The van der Waals surface area contributed by atoms with Gasteiger partial charge in [-0.2, -0.15) is 0 Å². The average molecular weight is 279 g/mol. The van der Waals surface area contributed by atoms with Crippen LogP contribution in [0.4, 0.5) is 5.69 Å². The largest absolute Gasteiger partial charge is 0.301 e. The fourth-order valence-electron chi connectivity index (χ4n) is 3.42. The van der Waals surface area contributed by atoms with Crippen molar-refractivity contribution in [3.8, 4) is 0 Å². The Kier molecular flexibility index (Phi) is 4.09. The molecule has 21 heavy (non-hydrogen) atoms. The highest BCUT2D eigenvalue weighted by Gasteiger charge is 2.28. The summed E-state index contributed by atoms with van der Waals surface area (Å²) in [5.41, 5.74) is 3.16. The van der Waals surface area contributed by atoms with E-state index in [9.17, 15) is 0 Å². The molecule has 0 spiro atoms. The Labute approximate surface area is 125 Å². The van der Waals surface area contributed by atoms with E-state index in [0.717, 1.165) is 23.1 Å². The third kappa shape index (κ3) is 2.87. The maximum Gasteiger partial charge on any atom is 0.0958 e. The minimum Gasteiger partial charge on any atom is -0.301 e. The number of aromatic nitrogens is 1. The van der Waals surface area contributed by atoms with Crippen molar-refractivity contribution in [2.45, 2.75) is 26.2 Å². The number of benzene rings is 1. The van der Waals surface area contributed by atoms with Gasteiger partial charge in [-0.1, -0.05) is 24.6 Å². The van der Waals surface area contributed by atoms with Crippen molar-refractivity contribution in [1.82, 2.24) is 4.98 Å². The Morgan fingerprint density at radius 2 is 2.14 bits per heavy atom. The van der Waals surface area contributed by atoms with Crippen LogP contribution in [0.1, 0.15) is 26.2 Å². The summed E-state index contributed by atoms with van der Waals surface area (Å²) < 4.78 is 0. The molecule has 0 N–H and O–H groups in total. The molecule has 3 nitrogen and oxygen atoms in total. The maximum absolute atomic E-state index is 4.89. The fraction of sp³-hybridized carbons (Fsp3) is 0.389. The molecule has 1 aromatic carbocycles. The molecule has 0 saturated heterocycles.